The third-order valence-electron chi connectivity index (χ3n) is 2.71. The van der Waals surface area contributed by atoms with Gasteiger partial charge in [0.1, 0.15) is 0 Å². The van der Waals surface area contributed by atoms with Gasteiger partial charge in [-0.25, -0.2) is 0 Å². The van der Waals surface area contributed by atoms with E-state index in [9.17, 15) is 24.1 Å². The number of nitro groups is 1. The second-order valence-corrected chi connectivity index (χ2v) is 4.30. The first kappa shape index (κ1) is 19.8. The Labute approximate surface area is 144 Å². The lowest BCUT2D eigenvalue weighted by atomic mass is 10.1. The number of hydrogen-bond donors (Lipinski definition) is 0. The van der Waals surface area contributed by atoms with E-state index in [1.54, 1.807) is 0 Å². The molecule has 0 aliphatic carbocycles. The topological polar surface area (TPSA) is 175 Å². The van der Waals surface area contributed by atoms with E-state index in [-0.39, 0.29) is 17.5 Å². The van der Waals surface area contributed by atoms with Crippen molar-refractivity contribution in [2.75, 3.05) is 0 Å². The van der Waals surface area contributed by atoms with Crippen molar-refractivity contribution in [2.24, 2.45) is 10.2 Å². The fourth-order valence-corrected chi connectivity index (χ4v) is 1.57. The van der Waals surface area contributed by atoms with Crippen molar-refractivity contribution in [1.82, 2.24) is 0 Å². The summed E-state index contributed by atoms with van der Waals surface area (Å²) in [7, 11) is 0. The van der Waals surface area contributed by atoms with Crippen LogP contribution in [-0.2, 0) is 4.79 Å². The van der Waals surface area contributed by atoms with Gasteiger partial charge in [-0.15, -0.1) is 0 Å². The van der Waals surface area contributed by atoms with E-state index < -0.39 is 22.2 Å². The Balaban J connectivity index is 0.000000260. The van der Waals surface area contributed by atoms with Crippen molar-refractivity contribution < 1.29 is 18.9 Å². The summed E-state index contributed by atoms with van der Waals surface area (Å²) in [6.45, 7) is 0. The summed E-state index contributed by atoms with van der Waals surface area (Å²) in [5.74, 6) is -1.55. The molecule has 0 saturated heterocycles. The standard InChI is InChI=1S/C8H5N3O2.C6H3FN4O2/c9-11-10-7-3-1-6(2-4-7)8(13)5-12;7-5-2-1-4(9-10-8)3-6(5)11(12)13/h1-5H;1-3H. The van der Waals surface area contributed by atoms with Crippen LogP contribution in [0, 0.1) is 15.9 Å². The highest BCUT2D eigenvalue weighted by molar-refractivity contribution is 6.33. The molecule has 0 aliphatic rings. The number of benzene rings is 2. The van der Waals surface area contributed by atoms with Gasteiger partial charge in [0, 0.05) is 32.8 Å². The molecule has 2 aromatic carbocycles. The average Bonchev–Trinajstić information content (AvgIpc) is 2.64. The summed E-state index contributed by atoms with van der Waals surface area (Å²) in [5.41, 5.74) is 16.1. The van der Waals surface area contributed by atoms with E-state index in [0.717, 1.165) is 18.2 Å². The minimum Gasteiger partial charge on any atom is -0.294 e. The van der Waals surface area contributed by atoms with E-state index in [4.69, 9.17) is 11.1 Å². The molecule has 0 spiro atoms. The highest BCUT2D eigenvalue weighted by Crippen LogP contribution is 2.23. The number of carbonyl (C=O) groups is 2. The Morgan fingerprint density at radius 3 is 2.12 bits per heavy atom. The molecule has 26 heavy (non-hydrogen) atoms. The molecule has 0 bridgehead atoms. The number of rotatable bonds is 5. The van der Waals surface area contributed by atoms with Crippen LogP contribution in [0.3, 0.4) is 0 Å². The minimum atomic E-state index is -0.957. The van der Waals surface area contributed by atoms with Gasteiger partial charge in [0.2, 0.25) is 11.6 Å². The molecule has 11 nitrogen and oxygen atoms in total. The Bertz CT molecular complexity index is 933. The number of aldehydes is 1. The number of azide groups is 2. The van der Waals surface area contributed by atoms with E-state index in [0.29, 0.717) is 5.69 Å². The molecular formula is C14H8FN7O4. The maximum absolute atomic E-state index is 12.7. The zero-order chi connectivity index (χ0) is 19.5. The van der Waals surface area contributed by atoms with Gasteiger partial charge >= 0.3 is 5.69 Å². The predicted molar refractivity (Wildman–Crippen MR) is 87.5 cm³/mol. The number of nitro benzene ring substituents is 1. The van der Waals surface area contributed by atoms with Gasteiger partial charge in [0.05, 0.1) is 4.92 Å². The van der Waals surface area contributed by atoms with Crippen LogP contribution in [-0.4, -0.2) is 17.0 Å². The van der Waals surface area contributed by atoms with Crippen LogP contribution < -0.4 is 0 Å². The van der Waals surface area contributed by atoms with Crippen molar-refractivity contribution >= 4 is 29.1 Å². The zero-order valence-corrected chi connectivity index (χ0v) is 12.8. The molecule has 0 fully saturated rings. The maximum atomic E-state index is 12.7. The van der Waals surface area contributed by atoms with Crippen molar-refractivity contribution in [3.63, 3.8) is 0 Å². The van der Waals surface area contributed by atoms with Gasteiger partial charge in [-0.05, 0) is 23.2 Å². The number of halogens is 1. The van der Waals surface area contributed by atoms with Crippen LogP contribution in [0.5, 0.6) is 0 Å². The van der Waals surface area contributed by atoms with Gasteiger partial charge in [-0.1, -0.05) is 34.5 Å². The van der Waals surface area contributed by atoms with E-state index in [1.807, 2.05) is 0 Å². The molecule has 2 rings (SSSR count). The molecule has 0 N–H and O–H groups in total. The molecule has 0 saturated carbocycles. The second kappa shape index (κ2) is 9.78. The van der Waals surface area contributed by atoms with Crippen LogP contribution >= 0.6 is 0 Å². The molecule has 0 atom stereocenters. The van der Waals surface area contributed by atoms with E-state index >= 15 is 0 Å². The van der Waals surface area contributed by atoms with E-state index in [1.165, 1.54) is 24.3 Å². The Hall–Kier alpha value is -4.27. The van der Waals surface area contributed by atoms with Crippen molar-refractivity contribution in [2.45, 2.75) is 0 Å². The first-order chi connectivity index (χ1) is 12.4. The zero-order valence-electron chi connectivity index (χ0n) is 12.8. The fraction of sp³-hybridized carbons (Fsp3) is 0. The molecule has 0 unspecified atom stereocenters. The van der Waals surface area contributed by atoms with Gasteiger partial charge in [0.15, 0.2) is 6.29 Å². The first-order valence-electron chi connectivity index (χ1n) is 6.56. The van der Waals surface area contributed by atoms with Gasteiger partial charge < -0.3 is 0 Å². The Morgan fingerprint density at radius 1 is 1.08 bits per heavy atom. The summed E-state index contributed by atoms with van der Waals surface area (Å²) in [4.78, 5) is 35.2. The van der Waals surface area contributed by atoms with Gasteiger partial charge in [-0.2, -0.15) is 4.39 Å². The quantitative estimate of drug-likeness (QED) is 0.110. The lowest BCUT2D eigenvalue weighted by Crippen LogP contribution is -1.98. The molecule has 0 amide bonds. The summed E-state index contributed by atoms with van der Waals surface area (Å²) in [6, 6.07) is 8.70. The molecule has 130 valence electrons. The molecule has 0 heterocycles. The molecule has 12 heteroatoms. The highest BCUT2D eigenvalue weighted by Gasteiger charge is 2.13. The lowest BCUT2D eigenvalue weighted by Gasteiger charge is -1.93. The minimum absolute atomic E-state index is 0.00981. The number of nitrogens with zero attached hydrogens (tertiary/aromatic N) is 7. The maximum Gasteiger partial charge on any atom is 0.305 e. The smallest absolute Gasteiger partial charge is 0.294 e. The molecule has 2 aromatic rings. The number of carbonyl (C=O) groups excluding carboxylic acids is 2. The SMILES string of the molecule is [N-]=[N+]=Nc1ccc(C(=O)C=O)cc1.[N-]=[N+]=Nc1ccc(F)c([N+](=O)[O-])c1. The first-order valence-corrected chi connectivity index (χ1v) is 6.56. The number of Topliss-reactive ketones (excluding diaryl/α,β-unsaturated/α-hetero) is 1. The van der Waals surface area contributed by atoms with E-state index in [2.05, 4.69) is 20.1 Å². The summed E-state index contributed by atoms with van der Waals surface area (Å²) in [5, 5.41) is 16.6. The fourth-order valence-electron chi connectivity index (χ4n) is 1.57. The summed E-state index contributed by atoms with van der Waals surface area (Å²) in [6.07, 6.45) is 0.239. The Morgan fingerprint density at radius 2 is 1.62 bits per heavy atom. The van der Waals surface area contributed by atoms with Crippen molar-refractivity contribution in [1.29, 1.82) is 0 Å². The molecule has 0 aromatic heterocycles. The second-order valence-electron chi connectivity index (χ2n) is 4.30. The number of hydrogen-bond acceptors (Lipinski definition) is 6. The Kier molecular flexibility index (Phi) is 7.44. The van der Waals surface area contributed by atoms with Crippen LogP contribution in [0.15, 0.2) is 52.7 Å². The van der Waals surface area contributed by atoms with Gasteiger partial charge in [-0.3, -0.25) is 19.7 Å². The molecule has 0 radical (unpaired) electrons. The largest absolute Gasteiger partial charge is 0.305 e. The monoisotopic (exact) mass is 357 g/mol. The highest BCUT2D eigenvalue weighted by atomic mass is 19.1. The van der Waals surface area contributed by atoms with Gasteiger partial charge in [0.25, 0.3) is 0 Å². The normalized spacial score (nSPS) is 8.81. The number of ketones is 1. The van der Waals surface area contributed by atoms with Crippen LogP contribution in [0.4, 0.5) is 21.5 Å². The third-order valence-corrected chi connectivity index (χ3v) is 2.71. The van der Waals surface area contributed by atoms with Crippen molar-refractivity contribution in [3.8, 4) is 0 Å². The van der Waals surface area contributed by atoms with Crippen LogP contribution in [0.2, 0.25) is 0 Å². The predicted octanol–water partition coefficient (Wildman–Crippen LogP) is 4.69. The average molecular weight is 357 g/mol. The summed E-state index contributed by atoms with van der Waals surface area (Å²) < 4.78 is 12.7. The van der Waals surface area contributed by atoms with Crippen LogP contribution in [0.1, 0.15) is 10.4 Å². The van der Waals surface area contributed by atoms with Crippen LogP contribution in [0.25, 0.3) is 20.9 Å². The van der Waals surface area contributed by atoms with Crippen molar-refractivity contribution in [3.05, 3.63) is 84.8 Å². The summed E-state index contributed by atoms with van der Waals surface area (Å²) >= 11 is 0. The third kappa shape index (κ3) is 5.74. The lowest BCUT2D eigenvalue weighted by molar-refractivity contribution is -0.387. The molecule has 0 aliphatic heterocycles. The molecular weight excluding hydrogens is 349 g/mol.